The zero-order chi connectivity index (χ0) is 20.8. The second-order valence-corrected chi connectivity index (χ2v) is 7.61. The van der Waals surface area contributed by atoms with Gasteiger partial charge in [0, 0.05) is 18.7 Å². The summed E-state index contributed by atoms with van der Waals surface area (Å²) < 4.78 is 13.0. The van der Waals surface area contributed by atoms with Crippen molar-refractivity contribution in [3.8, 4) is 11.4 Å². The molecule has 154 valence electrons. The standard InChI is InChI=1S/C21H21ClN6O2/c1-12-4-5-14(29-3)13(2)18(12)28-20-16(19(22)24-11-25-20)17-21(28)23-10-15(26-17)27-6-8-30-9-7-27/h4-5,10-11H,6-9H2,1-3H3. The Labute approximate surface area is 178 Å². The van der Waals surface area contributed by atoms with E-state index < -0.39 is 0 Å². The number of ether oxygens (including phenoxy) is 2. The Morgan fingerprint density at radius 3 is 2.63 bits per heavy atom. The smallest absolute Gasteiger partial charge is 0.165 e. The minimum Gasteiger partial charge on any atom is -0.496 e. The Kier molecular flexibility index (Phi) is 4.67. The molecule has 0 spiro atoms. The number of aromatic nitrogens is 5. The predicted molar refractivity (Wildman–Crippen MR) is 116 cm³/mol. The van der Waals surface area contributed by atoms with Crippen LogP contribution in [-0.2, 0) is 4.74 Å². The van der Waals surface area contributed by atoms with Crippen LogP contribution >= 0.6 is 11.6 Å². The summed E-state index contributed by atoms with van der Waals surface area (Å²) in [5.41, 5.74) is 5.05. The first-order chi connectivity index (χ1) is 14.6. The van der Waals surface area contributed by atoms with E-state index in [9.17, 15) is 0 Å². The van der Waals surface area contributed by atoms with Crippen LogP contribution in [0.2, 0.25) is 5.15 Å². The lowest BCUT2D eigenvalue weighted by Crippen LogP contribution is -2.36. The third kappa shape index (κ3) is 2.86. The van der Waals surface area contributed by atoms with E-state index in [2.05, 4.69) is 21.8 Å². The van der Waals surface area contributed by atoms with Gasteiger partial charge in [0.05, 0.1) is 37.6 Å². The van der Waals surface area contributed by atoms with Gasteiger partial charge >= 0.3 is 0 Å². The Hall–Kier alpha value is -2.97. The van der Waals surface area contributed by atoms with Crippen LogP contribution in [0.25, 0.3) is 27.9 Å². The molecular weight excluding hydrogens is 404 g/mol. The van der Waals surface area contributed by atoms with Gasteiger partial charge in [-0.15, -0.1) is 0 Å². The number of anilines is 1. The molecule has 4 heterocycles. The van der Waals surface area contributed by atoms with Crippen molar-refractivity contribution >= 4 is 39.6 Å². The molecule has 0 unspecified atom stereocenters. The molecule has 0 atom stereocenters. The summed E-state index contributed by atoms with van der Waals surface area (Å²) in [5.74, 6) is 1.59. The van der Waals surface area contributed by atoms with Crippen LogP contribution in [0, 0.1) is 13.8 Å². The van der Waals surface area contributed by atoms with Crippen molar-refractivity contribution in [2.45, 2.75) is 13.8 Å². The fourth-order valence-electron chi connectivity index (χ4n) is 4.07. The zero-order valence-corrected chi connectivity index (χ0v) is 17.8. The number of hydrogen-bond donors (Lipinski definition) is 0. The maximum atomic E-state index is 6.52. The highest BCUT2D eigenvalue weighted by Crippen LogP contribution is 2.37. The maximum absolute atomic E-state index is 6.52. The van der Waals surface area contributed by atoms with E-state index in [0.29, 0.717) is 40.6 Å². The summed E-state index contributed by atoms with van der Waals surface area (Å²) in [5, 5.41) is 1.05. The van der Waals surface area contributed by atoms with Crippen molar-refractivity contribution in [1.29, 1.82) is 0 Å². The highest BCUT2D eigenvalue weighted by atomic mass is 35.5. The van der Waals surface area contributed by atoms with E-state index in [1.54, 1.807) is 13.3 Å². The molecule has 1 saturated heterocycles. The number of hydrogen-bond acceptors (Lipinski definition) is 7. The molecule has 3 aromatic heterocycles. The van der Waals surface area contributed by atoms with Crippen molar-refractivity contribution in [2.24, 2.45) is 0 Å². The Morgan fingerprint density at radius 2 is 1.87 bits per heavy atom. The SMILES string of the molecule is COc1ccc(C)c(-n2c3ncc(N4CCOCC4)nc3c3c(Cl)ncnc32)c1C. The second-order valence-electron chi connectivity index (χ2n) is 7.26. The molecule has 0 amide bonds. The topological polar surface area (TPSA) is 78.2 Å². The quantitative estimate of drug-likeness (QED) is 0.466. The van der Waals surface area contributed by atoms with E-state index in [1.807, 2.05) is 23.6 Å². The number of methoxy groups -OCH3 is 1. The van der Waals surface area contributed by atoms with Crippen LogP contribution < -0.4 is 9.64 Å². The van der Waals surface area contributed by atoms with Crippen LogP contribution in [0.15, 0.2) is 24.7 Å². The molecule has 4 aromatic rings. The van der Waals surface area contributed by atoms with Crippen LogP contribution in [0.5, 0.6) is 5.75 Å². The normalized spacial score (nSPS) is 14.6. The Balaban J connectivity index is 1.84. The van der Waals surface area contributed by atoms with Crippen molar-refractivity contribution in [2.75, 3.05) is 38.3 Å². The van der Waals surface area contributed by atoms with Gasteiger partial charge in [-0.05, 0) is 25.5 Å². The summed E-state index contributed by atoms with van der Waals surface area (Å²) >= 11 is 6.52. The largest absolute Gasteiger partial charge is 0.496 e. The molecule has 30 heavy (non-hydrogen) atoms. The summed E-state index contributed by atoms with van der Waals surface area (Å²) in [6.45, 7) is 6.98. The average molecular weight is 425 g/mol. The average Bonchev–Trinajstić information content (AvgIpc) is 3.09. The van der Waals surface area contributed by atoms with E-state index in [0.717, 1.165) is 41.5 Å². The molecule has 8 nitrogen and oxygen atoms in total. The molecule has 1 fully saturated rings. The molecule has 5 rings (SSSR count). The number of benzene rings is 1. The minimum absolute atomic E-state index is 0.357. The summed E-state index contributed by atoms with van der Waals surface area (Å²) in [6.07, 6.45) is 3.27. The van der Waals surface area contributed by atoms with E-state index in [-0.39, 0.29) is 0 Å². The third-order valence-electron chi connectivity index (χ3n) is 5.54. The fraction of sp³-hybridized carbons (Fsp3) is 0.333. The molecule has 0 radical (unpaired) electrons. The van der Waals surface area contributed by atoms with Gasteiger partial charge in [0.2, 0.25) is 0 Å². The molecule has 9 heteroatoms. The van der Waals surface area contributed by atoms with Crippen molar-refractivity contribution in [3.05, 3.63) is 40.9 Å². The fourth-order valence-corrected chi connectivity index (χ4v) is 4.29. The number of rotatable bonds is 3. The predicted octanol–water partition coefficient (Wildman–Crippen LogP) is 3.48. The van der Waals surface area contributed by atoms with Crippen molar-refractivity contribution in [3.63, 3.8) is 0 Å². The van der Waals surface area contributed by atoms with Gasteiger partial charge in [0.1, 0.15) is 28.6 Å². The summed E-state index contributed by atoms with van der Waals surface area (Å²) in [6, 6.07) is 3.99. The maximum Gasteiger partial charge on any atom is 0.165 e. The van der Waals surface area contributed by atoms with Gasteiger partial charge in [-0.25, -0.2) is 19.9 Å². The van der Waals surface area contributed by atoms with Gasteiger partial charge in [0.15, 0.2) is 11.3 Å². The molecule has 0 N–H and O–H groups in total. The monoisotopic (exact) mass is 424 g/mol. The highest BCUT2D eigenvalue weighted by molar-refractivity contribution is 6.36. The first-order valence-corrected chi connectivity index (χ1v) is 10.1. The third-order valence-corrected chi connectivity index (χ3v) is 5.83. The molecule has 0 saturated carbocycles. The van der Waals surface area contributed by atoms with Gasteiger partial charge in [-0.3, -0.25) is 4.57 Å². The molecule has 1 aromatic carbocycles. The van der Waals surface area contributed by atoms with Gasteiger partial charge in [0.25, 0.3) is 0 Å². The Bertz CT molecular complexity index is 1270. The highest BCUT2D eigenvalue weighted by Gasteiger charge is 2.23. The second kappa shape index (κ2) is 7.37. The van der Waals surface area contributed by atoms with E-state index in [1.165, 1.54) is 6.33 Å². The van der Waals surface area contributed by atoms with Crippen molar-refractivity contribution < 1.29 is 9.47 Å². The minimum atomic E-state index is 0.357. The van der Waals surface area contributed by atoms with Crippen LogP contribution in [-0.4, -0.2) is 57.9 Å². The summed E-state index contributed by atoms with van der Waals surface area (Å²) in [4.78, 5) is 20.6. The van der Waals surface area contributed by atoms with Crippen LogP contribution in [0.3, 0.4) is 0 Å². The van der Waals surface area contributed by atoms with Crippen LogP contribution in [0.1, 0.15) is 11.1 Å². The summed E-state index contributed by atoms with van der Waals surface area (Å²) in [7, 11) is 1.67. The first kappa shape index (κ1) is 19.0. The lowest BCUT2D eigenvalue weighted by molar-refractivity contribution is 0.122. The van der Waals surface area contributed by atoms with Crippen molar-refractivity contribution in [1.82, 2.24) is 24.5 Å². The van der Waals surface area contributed by atoms with E-state index >= 15 is 0 Å². The first-order valence-electron chi connectivity index (χ1n) is 9.75. The number of halogens is 1. The Morgan fingerprint density at radius 1 is 1.07 bits per heavy atom. The van der Waals surface area contributed by atoms with Gasteiger partial charge in [-0.2, -0.15) is 0 Å². The van der Waals surface area contributed by atoms with Crippen LogP contribution in [0.4, 0.5) is 5.82 Å². The lowest BCUT2D eigenvalue weighted by Gasteiger charge is -2.27. The molecule has 0 aliphatic carbocycles. The molecule has 1 aliphatic rings. The van der Waals surface area contributed by atoms with Gasteiger partial charge < -0.3 is 14.4 Å². The number of nitrogens with zero attached hydrogens (tertiary/aromatic N) is 6. The number of morpholine rings is 1. The number of aryl methyl sites for hydroxylation is 1. The molecular formula is C21H21ClN6O2. The zero-order valence-electron chi connectivity index (χ0n) is 17.0. The van der Waals surface area contributed by atoms with Gasteiger partial charge in [-0.1, -0.05) is 17.7 Å². The molecule has 1 aliphatic heterocycles. The number of fused-ring (bicyclic) bond motifs is 3. The van der Waals surface area contributed by atoms with E-state index in [4.69, 9.17) is 31.0 Å². The molecule has 0 bridgehead atoms. The lowest BCUT2D eigenvalue weighted by atomic mass is 10.1.